The number of piperazine rings is 1. The minimum Gasteiger partial charge on any atom is -0.504 e. The Morgan fingerprint density at radius 1 is 1.24 bits per heavy atom. The average molecular weight is 674 g/mol. The summed E-state index contributed by atoms with van der Waals surface area (Å²) >= 11 is 12.8. The van der Waals surface area contributed by atoms with Crippen molar-refractivity contribution in [2.45, 2.75) is 39.8 Å². The number of hydrogen-bond donors (Lipinski definition) is 2. The molecular weight excluding hydrogens is 644 g/mol. The molecule has 2 aliphatic heterocycles. The molecule has 5 rings (SSSR count). The fraction of sp³-hybridized carbons (Fsp3) is 0.312. The molecule has 0 aliphatic carbocycles. The van der Waals surface area contributed by atoms with Crippen LogP contribution in [0.3, 0.4) is 0 Å². The number of nitrogens with one attached hydrogen (secondary N) is 1. The van der Waals surface area contributed by atoms with E-state index in [9.17, 15) is 33.1 Å². The monoisotopic (exact) mass is 672 g/mol. The Labute approximate surface area is 272 Å². The summed E-state index contributed by atoms with van der Waals surface area (Å²) in [7, 11) is 0. The molecule has 4 heterocycles. The lowest BCUT2D eigenvalue weighted by Gasteiger charge is -2.41. The van der Waals surface area contributed by atoms with Gasteiger partial charge in [-0.25, -0.2) is 13.8 Å². The smallest absolute Gasteiger partial charge is 0.276 e. The number of halogens is 5. The highest BCUT2D eigenvalue weighted by molar-refractivity contribution is 6.37. The first kappa shape index (κ1) is 32.9. The van der Waals surface area contributed by atoms with E-state index in [-0.39, 0.29) is 64.8 Å². The first-order valence-electron chi connectivity index (χ1n) is 14.3. The third-order valence-corrected chi connectivity index (χ3v) is 8.93. The van der Waals surface area contributed by atoms with Crippen molar-refractivity contribution >= 4 is 51.5 Å². The number of allylic oxidation sites excluding steroid dienone is 2. The van der Waals surface area contributed by atoms with E-state index in [0.29, 0.717) is 11.3 Å². The Kier molecular flexibility index (Phi) is 8.86. The Balaban J connectivity index is 1.91. The highest BCUT2D eigenvalue weighted by Gasteiger charge is 2.34. The fourth-order valence-corrected chi connectivity index (χ4v) is 6.56. The zero-order valence-electron chi connectivity index (χ0n) is 25.3. The molecule has 0 saturated carbocycles. The molecule has 1 fully saturated rings. The Morgan fingerprint density at radius 2 is 1.93 bits per heavy atom. The molecule has 0 radical (unpaired) electrons. The van der Waals surface area contributed by atoms with Crippen LogP contribution in [0.25, 0.3) is 28.0 Å². The minimum absolute atomic E-state index is 0.0617. The molecule has 0 spiro atoms. The van der Waals surface area contributed by atoms with Crippen molar-refractivity contribution < 1.29 is 23.1 Å². The van der Waals surface area contributed by atoms with Gasteiger partial charge in [-0.15, -0.1) is 0 Å². The second kappa shape index (κ2) is 12.4. The molecule has 1 amide bonds. The van der Waals surface area contributed by atoms with Gasteiger partial charge in [-0.1, -0.05) is 43.6 Å². The van der Waals surface area contributed by atoms with Crippen LogP contribution in [-0.2, 0) is 4.79 Å². The van der Waals surface area contributed by atoms with Crippen molar-refractivity contribution in [2.75, 3.05) is 24.5 Å². The molecule has 14 heteroatoms. The van der Waals surface area contributed by atoms with Gasteiger partial charge in [0.2, 0.25) is 11.7 Å². The van der Waals surface area contributed by atoms with Gasteiger partial charge in [0.05, 0.1) is 38.7 Å². The number of carbonyl (C=O) groups is 1. The minimum atomic E-state index is -1.98. The number of rotatable bonds is 5. The van der Waals surface area contributed by atoms with Crippen molar-refractivity contribution in [3.63, 3.8) is 0 Å². The van der Waals surface area contributed by atoms with Crippen LogP contribution in [0.1, 0.15) is 33.3 Å². The number of nitrogens with zero attached hydrogens (tertiary/aromatic N) is 5. The summed E-state index contributed by atoms with van der Waals surface area (Å²) < 4.78 is 44.6. The summed E-state index contributed by atoms with van der Waals surface area (Å²) in [6.07, 6.45) is 4.69. The number of carbonyl (C=O) groups excluding carboxylic acids is 1. The first-order chi connectivity index (χ1) is 21.7. The van der Waals surface area contributed by atoms with Gasteiger partial charge in [0.15, 0.2) is 17.4 Å². The SMILES string of the molecule is C=CC(=O)N1CCN(c2c(C#N)c(=O)n(C3=C(C)C=CNC3C(C)C)c3nc(-c4c(O)c(F)c(F)c(F)c4Cl)c(Cl)cc23)C[C@H]1C. The summed E-state index contributed by atoms with van der Waals surface area (Å²) in [5.74, 6) is -7.29. The number of pyridine rings is 2. The molecule has 3 aromatic rings. The van der Waals surface area contributed by atoms with E-state index in [2.05, 4.69) is 22.9 Å². The van der Waals surface area contributed by atoms with E-state index in [1.807, 2.05) is 20.8 Å². The number of aromatic hydroxyl groups is 1. The van der Waals surface area contributed by atoms with E-state index in [1.54, 1.807) is 29.0 Å². The number of phenolic OH excluding ortho intramolecular Hbond substituents is 1. The third-order valence-electron chi connectivity index (χ3n) is 8.28. The molecular formula is C32H29Cl2F3N6O3. The quantitative estimate of drug-likeness (QED) is 0.195. The summed E-state index contributed by atoms with van der Waals surface area (Å²) in [5.41, 5.74) is -0.827. The highest BCUT2D eigenvalue weighted by Crippen LogP contribution is 2.45. The maximum absolute atomic E-state index is 14.7. The molecule has 1 saturated heterocycles. The maximum atomic E-state index is 14.7. The first-order valence-corrected chi connectivity index (χ1v) is 15.1. The molecule has 46 heavy (non-hydrogen) atoms. The normalized spacial score (nSPS) is 18.3. The number of amides is 1. The number of hydrogen-bond acceptors (Lipinski definition) is 7. The lowest BCUT2D eigenvalue weighted by molar-refractivity contribution is -0.128. The molecule has 9 nitrogen and oxygen atoms in total. The number of benzene rings is 1. The van der Waals surface area contributed by atoms with E-state index in [4.69, 9.17) is 23.2 Å². The van der Waals surface area contributed by atoms with Gasteiger partial charge >= 0.3 is 0 Å². The van der Waals surface area contributed by atoms with Crippen molar-refractivity contribution in [1.29, 1.82) is 5.26 Å². The number of dihydropyridines is 1. The standard InChI is InChI=1S/C32H29Cl2F3N6O3/c1-6-20(44)42-10-9-41(13-16(42)5)29-17-11-19(33)27(21-22(34)23(35)24(36)25(37)30(21)45)40-31(17)43(32(46)18(29)12-38)28-15(4)7-8-39-26(28)14(2)3/h6-8,11,14,16,26,39,45H,1,9-10,13H2,2-5H3/t16-,26?/m1/s1. The van der Waals surface area contributed by atoms with Gasteiger partial charge in [0, 0.05) is 31.1 Å². The third kappa shape index (κ3) is 5.17. The van der Waals surface area contributed by atoms with Crippen LogP contribution >= 0.6 is 23.2 Å². The molecule has 0 bridgehead atoms. The van der Waals surface area contributed by atoms with Crippen LogP contribution < -0.4 is 15.8 Å². The predicted molar refractivity (Wildman–Crippen MR) is 171 cm³/mol. The van der Waals surface area contributed by atoms with Crippen molar-refractivity contribution in [2.24, 2.45) is 5.92 Å². The number of phenols is 1. The summed E-state index contributed by atoms with van der Waals surface area (Å²) in [5, 5.41) is 23.2. The Hall–Kier alpha value is -4.47. The van der Waals surface area contributed by atoms with E-state index in [1.165, 1.54) is 16.7 Å². The molecule has 2 aromatic heterocycles. The predicted octanol–water partition coefficient (Wildman–Crippen LogP) is 5.96. The fourth-order valence-electron chi connectivity index (χ4n) is 6.05. The lowest BCUT2D eigenvalue weighted by atomic mass is 9.94. The zero-order valence-corrected chi connectivity index (χ0v) is 26.8. The summed E-state index contributed by atoms with van der Waals surface area (Å²) in [4.78, 5) is 34.8. The average Bonchev–Trinajstić information content (AvgIpc) is 3.02. The molecule has 1 aromatic carbocycles. The topological polar surface area (TPSA) is 114 Å². The van der Waals surface area contributed by atoms with Crippen LogP contribution in [0.5, 0.6) is 5.75 Å². The Bertz CT molecular complexity index is 1960. The van der Waals surface area contributed by atoms with Gasteiger partial charge in [-0.2, -0.15) is 9.65 Å². The van der Waals surface area contributed by atoms with Gasteiger partial charge in [0.1, 0.15) is 17.3 Å². The summed E-state index contributed by atoms with van der Waals surface area (Å²) in [6.45, 7) is 11.7. The molecule has 240 valence electrons. The number of aromatic nitrogens is 2. The molecule has 2 atom stereocenters. The van der Waals surface area contributed by atoms with Crippen LogP contribution in [-0.4, -0.2) is 57.2 Å². The number of anilines is 1. The van der Waals surface area contributed by atoms with Gasteiger partial charge in [0.25, 0.3) is 5.56 Å². The van der Waals surface area contributed by atoms with Crippen LogP contribution in [0.2, 0.25) is 10.0 Å². The lowest BCUT2D eigenvalue weighted by Crippen LogP contribution is -2.54. The van der Waals surface area contributed by atoms with Crippen LogP contribution in [0.4, 0.5) is 18.9 Å². The van der Waals surface area contributed by atoms with Gasteiger partial charge in [-0.3, -0.25) is 14.2 Å². The maximum Gasteiger partial charge on any atom is 0.276 e. The van der Waals surface area contributed by atoms with Gasteiger partial charge in [-0.05, 0) is 49.8 Å². The van der Waals surface area contributed by atoms with Gasteiger partial charge < -0.3 is 20.2 Å². The van der Waals surface area contributed by atoms with Crippen molar-refractivity contribution in [3.8, 4) is 23.1 Å². The largest absolute Gasteiger partial charge is 0.504 e. The van der Waals surface area contributed by atoms with Crippen LogP contribution in [0.15, 0.2) is 41.4 Å². The molecule has 2 N–H and O–H groups in total. The summed E-state index contributed by atoms with van der Waals surface area (Å²) in [6, 6.07) is 2.64. The van der Waals surface area contributed by atoms with E-state index >= 15 is 0 Å². The van der Waals surface area contributed by atoms with Crippen LogP contribution in [0, 0.1) is 34.7 Å². The number of nitriles is 1. The van der Waals surface area contributed by atoms with E-state index in [0.717, 1.165) is 0 Å². The zero-order chi connectivity index (χ0) is 33.8. The van der Waals surface area contributed by atoms with Crippen molar-refractivity contribution in [1.82, 2.24) is 19.8 Å². The molecule has 1 unspecified atom stereocenters. The second-order valence-electron chi connectivity index (χ2n) is 11.5. The van der Waals surface area contributed by atoms with Crippen molar-refractivity contribution in [3.05, 3.63) is 80.0 Å². The molecule has 2 aliphatic rings. The Morgan fingerprint density at radius 3 is 2.54 bits per heavy atom. The number of fused-ring (bicyclic) bond motifs is 1. The highest BCUT2D eigenvalue weighted by atomic mass is 35.5. The van der Waals surface area contributed by atoms with E-state index < -0.39 is 51.1 Å². The second-order valence-corrected chi connectivity index (χ2v) is 12.3.